The molecular weight excluding hydrogens is 304 g/mol. The first-order chi connectivity index (χ1) is 11.6. The third-order valence-electron chi connectivity index (χ3n) is 3.50. The number of carboxylic acid groups (broad SMARTS) is 1. The van der Waals surface area contributed by atoms with Gasteiger partial charge in [-0.25, -0.2) is 14.8 Å². The fourth-order valence-corrected chi connectivity index (χ4v) is 2.26. The van der Waals surface area contributed by atoms with E-state index in [1.165, 1.54) is 6.33 Å². The molecule has 3 rings (SSSR count). The second-order valence-corrected chi connectivity index (χ2v) is 5.20. The van der Waals surface area contributed by atoms with Gasteiger partial charge in [-0.3, -0.25) is 0 Å². The van der Waals surface area contributed by atoms with Gasteiger partial charge in [-0.2, -0.15) is 0 Å². The Labute approximate surface area is 139 Å². The Morgan fingerprint density at radius 2 is 1.50 bits per heavy atom. The molecule has 0 saturated carbocycles. The highest BCUT2D eigenvalue weighted by atomic mass is 16.4. The van der Waals surface area contributed by atoms with Gasteiger partial charge in [0.05, 0.1) is 11.3 Å². The predicted molar refractivity (Wildman–Crippen MR) is 93.2 cm³/mol. The number of anilines is 4. The first-order valence-electron chi connectivity index (χ1n) is 7.37. The topological polar surface area (TPSA) is 87.1 Å². The van der Waals surface area contributed by atoms with Crippen LogP contribution >= 0.6 is 0 Å². The third kappa shape index (κ3) is 3.49. The number of hydrogen-bond acceptors (Lipinski definition) is 5. The first kappa shape index (κ1) is 15.5. The van der Waals surface area contributed by atoms with Crippen molar-refractivity contribution >= 4 is 29.0 Å². The summed E-state index contributed by atoms with van der Waals surface area (Å²) in [5.74, 6) is 0.134. The summed E-state index contributed by atoms with van der Waals surface area (Å²) < 4.78 is 0. The Kier molecular flexibility index (Phi) is 4.38. The molecule has 0 saturated heterocycles. The van der Waals surface area contributed by atoms with Crippen LogP contribution in [-0.2, 0) is 0 Å². The zero-order valence-electron chi connectivity index (χ0n) is 13.0. The molecule has 3 N–H and O–H groups in total. The van der Waals surface area contributed by atoms with Crippen molar-refractivity contribution in [1.29, 1.82) is 0 Å². The van der Waals surface area contributed by atoms with Crippen LogP contribution in [0.4, 0.5) is 23.0 Å². The van der Waals surface area contributed by atoms with Gasteiger partial charge in [-0.05, 0) is 30.7 Å². The molecular formula is C18H16N4O2. The lowest BCUT2D eigenvalue weighted by Crippen LogP contribution is -2.04. The first-order valence-corrected chi connectivity index (χ1v) is 7.37. The van der Waals surface area contributed by atoms with Crippen LogP contribution in [0.25, 0.3) is 0 Å². The fourth-order valence-electron chi connectivity index (χ4n) is 2.26. The van der Waals surface area contributed by atoms with E-state index in [0.717, 1.165) is 11.3 Å². The standard InChI is InChI=1S/C18H16N4O2/c1-12-6-2-4-8-14(12)21-16-10-17(20-11-19-16)22-15-9-5-3-7-13(15)18(23)24/h2-11H,1H3,(H,23,24)(H2,19,20,21,22). The second-order valence-electron chi connectivity index (χ2n) is 5.20. The number of aryl methyl sites for hydroxylation is 1. The van der Waals surface area contributed by atoms with Crippen LogP contribution < -0.4 is 10.6 Å². The SMILES string of the molecule is Cc1ccccc1Nc1cc(Nc2ccccc2C(=O)O)ncn1. The summed E-state index contributed by atoms with van der Waals surface area (Å²) >= 11 is 0. The number of aromatic carboxylic acids is 1. The van der Waals surface area contributed by atoms with Crippen molar-refractivity contribution in [1.82, 2.24) is 9.97 Å². The molecule has 0 fully saturated rings. The monoisotopic (exact) mass is 320 g/mol. The Morgan fingerprint density at radius 1 is 0.917 bits per heavy atom. The van der Waals surface area contributed by atoms with Crippen LogP contribution in [0.3, 0.4) is 0 Å². The summed E-state index contributed by atoms with van der Waals surface area (Å²) in [6, 6.07) is 16.3. The molecule has 6 heteroatoms. The molecule has 1 heterocycles. The molecule has 0 spiro atoms. The summed E-state index contributed by atoms with van der Waals surface area (Å²) in [4.78, 5) is 19.6. The molecule has 0 unspecified atom stereocenters. The van der Waals surface area contributed by atoms with Crippen LogP contribution in [0.15, 0.2) is 60.9 Å². The van der Waals surface area contributed by atoms with Gasteiger partial charge in [0.25, 0.3) is 0 Å². The highest BCUT2D eigenvalue weighted by molar-refractivity contribution is 5.95. The number of benzene rings is 2. The Bertz CT molecular complexity index is 880. The van der Waals surface area contributed by atoms with E-state index in [1.54, 1.807) is 30.3 Å². The Morgan fingerprint density at radius 3 is 2.17 bits per heavy atom. The number of nitrogens with one attached hydrogen (secondary N) is 2. The molecule has 0 amide bonds. The van der Waals surface area contributed by atoms with Gasteiger partial charge >= 0.3 is 5.97 Å². The molecule has 0 atom stereocenters. The summed E-state index contributed by atoms with van der Waals surface area (Å²) in [5.41, 5.74) is 2.71. The lowest BCUT2D eigenvalue weighted by molar-refractivity contribution is 0.0698. The Hall–Kier alpha value is -3.41. The van der Waals surface area contributed by atoms with Crippen LogP contribution in [0, 0.1) is 6.92 Å². The molecule has 0 aliphatic heterocycles. The lowest BCUT2D eigenvalue weighted by atomic mass is 10.2. The maximum absolute atomic E-state index is 11.3. The largest absolute Gasteiger partial charge is 0.478 e. The van der Waals surface area contributed by atoms with Gasteiger partial charge in [-0.1, -0.05) is 30.3 Å². The fraction of sp³-hybridized carbons (Fsp3) is 0.0556. The third-order valence-corrected chi connectivity index (χ3v) is 3.50. The average molecular weight is 320 g/mol. The van der Waals surface area contributed by atoms with Gasteiger partial charge in [0.2, 0.25) is 0 Å². The number of hydrogen-bond donors (Lipinski definition) is 3. The van der Waals surface area contributed by atoms with Gasteiger partial charge in [0.15, 0.2) is 0 Å². The zero-order valence-corrected chi connectivity index (χ0v) is 13.0. The number of para-hydroxylation sites is 2. The van der Waals surface area contributed by atoms with E-state index < -0.39 is 5.97 Å². The number of rotatable bonds is 5. The summed E-state index contributed by atoms with van der Waals surface area (Å²) in [5, 5.41) is 15.5. The zero-order chi connectivity index (χ0) is 16.9. The minimum atomic E-state index is -0.995. The van der Waals surface area contributed by atoms with E-state index in [4.69, 9.17) is 0 Å². The molecule has 1 aromatic heterocycles. The van der Waals surface area contributed by atoms with Gasteiger partial charge < -0.3 is 15.7 Å². The van der Waals surface area contributed by atoms with Crippen molar-refractivity contribution in [2.24, 2.45) is 0 Å². The average Bonchev–Trinajstić information content (AvgIpc) is 2.58. The van der Waals surface area contributed by atoms with E-state index in [2.05, 4.69) is 20.6 Å². The van der Waals surface area contributed by atoms with Crippen LogP contribution in [0.2, 0.25) is 0 Å². The van der Waals surface area contributed by atoms with Gasteiger partial charge in [0, 0.05) is 11.8 Å². The maximum atomic E-state index is 11.3. The van der Waals surface area contributed by atoms with E-state index in [1.807, 2.05) is 31.2 Å². The van der Waals surface area contributed by atoms with Crippen LogP contribution in [-0.4, -0.2) is 21.0 Å². The summed E-state index contributed by atoms with van der Waals surface area (Å²) in [7, 11) is 0. The van der Waals surface area contributed by atoms with E-state index in [-0.39, 0.29) is 5.56 Å². The van der Waals surface area contributed by atoms with Crippen molar-refractivity contribution in [3.05, 3.63) is 72.1 Å². The van der Waals surface area contributed by atoms with E-state index in [0.29, 0.717) is 17.3 Å². The molecule has 24 heavy (non-hydrogen) atoms. The predicted octanol–water partition coefficient (Wildman–Crippen LogP) is 3.97. The maximum Gasteiger partial charge on any atom is 0.337 e. The van der Waals surface area contributed by atoms with Crippen LogP contribution in [0.1, 0.15) is 15.9 Å². The minimum absolute atomic E-state index is 0.185. The van der Waals surface area contributed by atoms with Crippen molar-refractivity contribution in [3.8, 4) is 0 Å². The van der Waals surface area contributed by atoms with Gasteiger partial charge in [-0.15, -0.1) is 0 Å². The summed E-state index contributed by atoms with van der Waals surface area (Å²) in [6.07, 6.45) is 1.42. The lowest BCUT2D eigenvalue weighted by Gasteiger charge is -2.11. The van der Waals surface area contributed by atoms with Gasteiger partial charge in [0.1, 0.15) is 18.0 Å². The van der Waals surface area contributed by atoms with Crippen molar-refractivity contribution in [2.75, 3.05) is 10.6 Å². The molecule has 120 valence electrons. The molecule has 6 nitrogen and oxygen atoms in total. The smallest absolute Gasteiger partial charge is 0.337 e. The normalized spacial score (nSPS) is 10.2. The Balaban J connectivity index is 1.84. The number of nitrogens with zero attached hydrogens (tertiary/aromatic N) is 2. The number of carboxylic acids is 1. The molecule has 2 aromatic carbocycles. The molecule has 0 radical (unpaired) electrons. The van der Waals surface area contributed by atoms with Crippen molar-refractivity contribution in [2.45, 2.75) is 6.92 Å². The minimum Gasteiger partial charge on any atom is -0.478 e. The highest BCUT2D eigenvalue weighted by Gasteiger charge is 2.10. The van der Waals surface area contributed by atoms with Crippen molar-refractivity contribution < 1.29 is 9.90 Å². The number of carbonyl (C=O) groups is 1. The number of aromatic nitrogens is 2. The van der Waals surface area contributed by atoms with E-state index >= 15 is 0 Å². The molecule has 0 aliphatic carbocycles. The van der Waals surface area contributed by atoms with Crippen LogP contribution in [0.5, 0.6) is 0 Å². The highest BCUT2D eigenvalue weighted by Crippen LogP contribution is 2.23. The quantitative estimate of drug-likeness (QED) is 0.659. The molecule has 0 bridgehead atoms. The van der Waals surface area contributed by atoms with Crippen molar-refractivity contribution in [3.63, 3.8) is 0 Å². The van der Waals surface area contributed by atoms with E-state index in [9.17, 15) is 9.90 Å². The summed E-state index contributed by atoms with van der Waals surface area (Å²) in [6.45, 7) is 2.01. The second kappa shape index (κ2) is 6.78. The molecule has 3 aromatic rings. The molecule has 0 aliphatic rings.